The number of carbonyl (C=O) groups excluding carboxylic acids is 1. The van der Waals surface area contributed by atoms with Crippen LogP contribution in [0.2, 0.25) is 0 Å². The molecule has 0 bridgehead atoms. The number of carbonyl (C=O) groups is 1. The molecule has 0 aliphatic rings. The molecule has 96 valence electrons. The molecule has 2 aromatic rings. The maximum Gasteiger partial charge on any atom is 0.341 e. The van der Waals surface area contributed by atoms with E-state index in [4.69, 9.17) is 4.42 Å². The molecule has 2 N–H and O–H groups in total. The van der Waals surface area contributed by atoms with Crippen LogP contribution in [0.15, 0.2) is 29.1 Å². The Labute approximate surface area is 104 Å². The molecule has 0 saturated heterocycles. The molecule has 6 heteroatoms. The van der Waals surface area contributed by atoms with E-state index in [0.717, 1.165) is 5.82 Å². The van der Waals surface area contributed by atoms with Crippen molar-refractivity contribution in [3.63, 3.8) is 0 Å². The van der Waals surface area contributed by atoms with Gasteiger partial charge in [-0.2, -0.15) is 0 Å². The van der Waals surface area contributed by atoms with Crippen LogP contribution in [0.1, 0.15) is 34.9 Å². The quantitative estimate of drug-likeness (QED) is 0.787. The summed E-state index contributed by atoms with van der Waals surface area (Å²) in [6.07, 6.45) is 4.87. The normalized spacial score (nSPS) is 12.3. The van der Waals surface area contributed by atoms with E-state index in [-0.39, 0.29) is 6.04 Å². The molecule has 0 saturated carbocycles. The van der Waals surface area contributed by atoms with Gasteiger partial charge in [0.25, 0.3) is 0 Å². The van der Waals surface area contributed by atoms with Gasteiger partial charge >= 0.3 is 5.97 Å². The third-order valence-electron chi connectivity index (χ3n) is 2.59. The van der Waals surface area contributed by atoms with Crippen molar-refractivity contribution in [1.29, 1.82) is 0 Å². The molecule has 0 spiro atoms. The third kappa shape index (κ3) is 2.78. The molecular formula is C12H15N3O3. The van der Waals surface area contributed by atoms with E-state index < -0.39 is 5.97 Å². The first-order chi connectivity index (χ1) is 8.70. The number of H-pyrrole nitrogens is 1. The summed E-state index contributed by atoms with van der Waals surface area (Å²) in [6.45, 7) is 2.50. The number of hydrogen-bond acceptors (Lipinski definition) is 5. The predicted molar refractivity (Wildman–Crippen MR) is 63.9 cm³/mol. The fraction of sp³-hybridized carbons (Fsp3) is 0.333. The number of furan rings is 1. The van der Waals surface area contributed by atoms with Crippen molar-refractivity contribution in [3.05, 3.63) is 41.9 Å². The molecule has 0 aromatic carbocycles. The van der Waals surface area contributed by atoms with Gasteiger partial charge in [0.1, 0.15) is 17.8 Å². The Hall–Kier alpha value is -2.08. The largest absolute Gasteiger partial charge is 0.467 e. The first kappa shape index (κ1) is 12.4. The standard InChI is InChI=1S/C12H15N3O3/c1-8(11-13-3-4-14-11)15-6-10-5-9(7-18-10)12(16)17-2/h3-5,7-8,15H,6H2,1-2H3,(H,13,14). The van der Waals surface area contributed by atoms with Crippen molar-refractivity contribution >= 4 is 5.97 Å². The van der Waals surface area contributed by atoms with Crippen LogP contribution in [0, 0.1) is 0 Å². The summed E-state index contributed by atoms with van der Waals surface area (Å²) < 4.78 is 9.86. The molecule has 0 aliphatic carbocycles. The zero-order valence-electron chi connectivity index (χ0n) is 10.3. The number of rotatable bonds is 5. The smallest absolute Gasteiger partial charge is 0.341 e. The lowest BCUT2D eigenvalue weighted by Crippen LogP contribution is -2.18. The summed E-state index contributed by atoms with van der Waals surface area (Å²) in [5.74, 6) is 1.13. The molecule has 6 nitrogen and oxygen atoms in total. The van der Waals surface area contributed by atoms with Gasteiger partial charge in [0.05, 0.1) is 25.3 Å². The number of methoxy groups -OCH3 is 1. The van der Waals surface area contributed by atoms with E-state index in [1.165, 1.54) is 13.4 Å². The van der Waals surface area contributed by atoms with Crippen LogP contribution in [0.3, 0.4) is 0 Å². The van der Waals surface area contributed by atoms with Gasteiger partial charge in [-0.25, -0.2) is 9.78 Å². The summed E-state index contributed by atoms with van der Waals surface area (Å²) in [4.78, 5) is 18.4. The summed E-state index contributed by atoms with van der Waals surface area (Å²) in [5, 5.41) is 3.23. The number of imidazole rings is 1. The summed E-state index contributed by atoms with van der Waals surface area (Å²) in [7, 11) is 1.34. The monoisotopic (exact) mass is 249 g/mol. The van der Waals surface area contributed by atoms with Crippen LogP contribution in [0.4, 0.5) is 0 Å². The molecule has 0 aliphatic heterocycles. The van der Waals surface area contributed by atoms with Gasteiger partial charge in [0.15, 0.2) is 0 Å². The molecule has 1 unspecified atom stereocenters. The highest BCUT2D eigenvalue weighted by Crippen LogP contribution is 2.11. The Morgan fingerprint density at radius 3 is 3.17 bits per heavy atom. The van der Waals surface area contributed by atoms with Crippen molar-refractivity contribution in [2.45, 2.75) is 19.5 Å². The molecule has 18 heavy (non-hydrogen) atoms. The van der Waals surface area contributed by atoms with Crippen molar-refractivity contribution < 1.29 is 13.9 Å². The highest BCUT2D eigenvalue weighted by atomic mass is 16.5. The van der Waals surface area contributed by atoms with Gasteiger partial charge in [-0.1, -0.05) is 0 Å². The molecule has 2 aromatic heterocycles. The summed E-state index contributed by atoms with van der Waals surface area (Å²) in [6, 6.07) is 1.74. The Morgan fingerprint density at radius 2 is 2.50 bits per heavy atom. The number of aromatic nitrogens is 2. The van der Waals surface area contributed by atoms with Gasteiger partial charge in [-0.05, 0) is 13.0 Å². The maximum absolute atomic E-state index is 11.2. The minimum atomic E-state index is -0.399. The minimum absolute atomic E-state index is 0.0756. The van der Waals surface area contributed by atoms with Crippen molar-refractivity contribution in [3.8, 4) is 0 Å². The highest BCUT2D eigenvalue weighted by Gasteiger charge is 2.12. The Kier molecular flexibility index (Phi) is 3.78. The highest BCUT2D eigenvalue weighted by molar-refractivity contribution is 5.88. The predicted octanol–water partition coefficient (Wildman–Crippen LogP) is 1.64. The molecule has 2 heterocycles. The van der Waals surface area contributed by atoms with Crippen LogP contribution < -0.4 is 5.32 Å². The Bertz CT molecular complexity index is 504. The maximum atomic E-state index is 11.2. The zero-order valence-corrected chi connectivity index (χ0v) is 10.3. The molecule has 2 rings (SSSR count). The van der Waals surface area contributed by atoms with Crippen molar-refractivity contribution in [2.24, 2.45) is 0 Å². The van der Waals surface area contributed by atoms with Crippen LogP contribution in [-0.4, -0.2) is 23.0 Å². The molecule has 0 amide bonds. The van der Waals surface area contributed by atoms with E-state index in [1.807, 2.05) is 6.92 Å². The van der Waals surface area contributed by atoms with Gasteiger partial charge < -0.3 is 19.5 Å². The topological polar surface area (TPSA) is 80.2 Å². The van der Waals surface area contributed by atoms with E-state index in [9.17, 15) is 4.79 Å². The van der Waals surface area contributed by atoms with Crippen LogP contribution in [-0.2, 0) is 11.3 Å². The number of aromatic amines is 1. The van der Waals surface area contributed by atoms with Crippen LogP contribution in [0.5, 0.6) is 0 Å². The number of nitrogens with one attached hydrogen (secondary N) is 2. The number of esters is 1. The summed E-state index contributed by atoms with van der Waals surface area (Å²) in [5.41, 5.74) is 0.417. The zero-order chi connectivity index (χ0) is 13.0. The second-order valence-electron chi connectivity index (χ2n) is 3.87. The van der Waals surface area contributed by atoms with Gasteiger partial charge in [-0.3, -0.25) is 0 Å². The van der Waals surface area contributed by atoms with Gasteiger partial charge in [0.2, 0.25) is 0 Å². The fourth-order valence-corrected chi connectivity index (χ4v) is 1.56. The average molecular weight is 249 g/mol. The first-order valence-electron chi connectivity index (χ1n) is 5.59. The second-order valence-corrected chi connectivity index (χ2v) is 3.87. The minimum Gasteiger partial charge on any atom is -0.467 e. The van der Waals surface area contributed by atoms with Gasteiger partial charge in [-0.15, -0.1) is 0 Å². The fourth-order valence-electron chi connectivity index (χ4n) is 1.56. The van der Waals surface area contributed by atoms with Crippen molar-refractivity contribution in [2.75, 3.05) is 7.11 Å². The second kappa shape index (κ2) is 5.50. The third-order valence-corrected chi connectivity index (χ3v) is 2.59. The molecule has 0 fully saturated rings. The molecule has 0 radical (unpaired) electrons. The summed E-state index contributed by atoms with van der Waals surface area (Å²) >= 11 is 0. The van der Waals surface area contributed by atoms with Crippen LogP contribution >= 0.6 is 0 Å². The SMILES string of the molecule is COC(=O)c1coc(CNC(C)c2ncc[nH]2)c1. The van der Waals surface area contributed by atoms with E-state index >= 15 is 0 Å². The average Bonchev–Trinajstić information content (AvgIpc) is 3.05. The number of ether oxygens (including phenoxy) is 1. The lowest BCUT2D eigenvalue weighted by atomic mass is 10.3. The first-order valence-corrected chi connectivity index (χ1v) is 5.59. The van der Waals surface area contributed by atoms with Crippen LogP contribution in [0.25, 0.3) is 0 Å². The lowest BCUT2D eigenvalue weighted by molar-refractivity contribution is 0.0600. The van der Waals surface area contributed by atoms with Crippen molar-refractivity contribution in [1.82, 2.24) is 15.3 Å². The number of nitrogens with zero attached hydrogens (tertiary/aromatic N) is 1. The lowest BCUT2D eigenvalue weighted by Gasteiger charge is -2.09. The molecular weight excluding hydrogens is 234 g/mol. The van der Waals surface area contributed by atoms with Gasteiger partial charge in [0, 0.05) is 12.4 Å². The van der Waals surface area contributed by atoms with E-state index in [1.54, 1.807) is 18.5 Å². The van der Waals surface area contributed by atoms with E-state index in [0.29, 0.717) is 17.9 Å². The Morgan fingerprint density at radius 1 is 1.67 bits per heavy atom. The van der Waals surface area contributed by atoms with E-state index in [2.05, 4.69) is 20.0 Å². The molecule has 1 atom stereocenters. The number of hydrogen-bond donors (Lipinski definition) is 2. The Balaban J connectivity index is 1.90.